The standard InChI is InChI=1S/C19H17N3O6S/c1-12(19(25)21-10-17(23)20-15-4-2-3-5-16(15)21)28-18(24)11-29-14-8-6-13(7-9-14)22(26)27/h2-9,12H,10-11H2,1H3,(H,20,23)/t12-/m1/s1. The first-order chi connectivity index (χ1) is 13.8. The Kier molecular flexibility index (Phi) is 6.13. The van der Waals surface area contributed by atoms with E-state index in [1.165, 1.54) is 36.1 Å². The molecule has 1 aliphatic heterocycles. The van der Waals surface area contributed by atoms with Gasteiger partial charge in [-0.3, -0.25) is 29.4 Å². The summed E-state index contributed by atoms with van der Waals surface area (Å²) >= 11 is 1.14. The molecule has 0 saturated heterocycles. The third-order valence-electron chi connectivity index (χ3n) is 4.10. The summed E-state index contributed by atoms with van der Waals surface area (Å²) in [5.74, 6) is -1.50. The second kappa shape index (κ2) is 8.74. The van der Waals surface area contributed by atoms with Gasteiger partial charge < -0.3 is 10.1 Å². The second-order valence-corrected chi connectivity index (χ2v) is 7.21. The van der Waals surface area contributed by atoms with E-state index in [1.54, 1.807) is 24.3 Å². The number of amides is 2. The first-order valence-electron chi connectivity index (χ1n) is 8.62. The molecule has 0 spiro atoms. The quantitative estimate of drug-likeness (QED) is 0.333. The van der Waals surface area contributed by atoms with Crippen LogP contribution in [0.2, 0.25) is 0 Å². The summed E-state index contributed by atoms with van der Waals surface area (Å²) in [6.07, 6.45) is -1.07. The van der Waals surface area contributed by atoms with Crippen LogP contribution < -0.4 is 10.2 Å². The molecule has 2 aromatic rings. The predicted octanol–water partition coefficient (Wildman–Crippen LogP) is 2.60. The number of carbonyl (C=O) groups excluding carboxylic acids is 3. The van der Waals surface area contributed by atoms with Gasteiger partial charge in [0.2, 0.25) is 5.91 Å². The Morgan fingerprint density at radius 1 is 1.24 bits per heavy atom. The van der Waals surface area contributed by atoms with Gasteiger partial charge in [-0.25, -0.2) is 0 Å². The number of carbonyl (C=O) groups is 3. The molecule has 2 aromatic carbocycles. The van der Waals surface area contributed by atoms with Crippen molar-refractivity contribution in [3.05, 3.63) is 58.6 Å². The number of fused-ring (bicyclic) bond motifs is 1. The van der Waals surface area contributed by atoms with Gasteiger partial charge in [0.25, 0.3) is 11.6 Å². The number of hydrogen-bond donors (Lipinski definition) is 1. The summed E-state index contributed by atoms with van der Waals surface area (Å²) in [6.45, 7) is 1.29. The van der Waals surface area contributed by atoms with Crippen molar-refractivity contribution in [3.8, 4) is 0 Å². The molecule has 0 fully saturated rings. The molecule has 3 rings (SSSR count). The number of ether oxygens (including phenoxy) is 1. The minimum absolute atomic E-state index is 0.0398. The summed E-state index contributed by atoms with van der Waals surface area (Å²) in [7, 11) is 0. The molecule has 0 radical (unpaired) electrons. The van der Waals surface area contributed by atoms with Crippen molar-refractivity contribution >= 4 is 46.6 Å². The fourth-order valence-electron chi connectivity index (χ4n) is 2.74. The van der Waals surface area contributed by atoms with Crippen LogP contribution in [0.3, 0.4) is 0 Å². The Hall–Kier alpha value is -3.40. The molecular formula is C19H17N3O6S. The van der Waals surface area contributed by atoms with E-state index in [1.807, 2.05) is 0 Å². The summed E-state index contributed by atoms with van der Waals surface area (Å²) in [5, 5.41) is 13.3. The van der Waals surface area contributed by atoms with Gasteiger partial charge in [0.15, 0.2) is 6.10 Å². The van der Waals surface area contributed by atoms with Crippen LogP contribution >= 0.6 is 11.8 Å². The average Bonchev–Trinajstić information content (AvgIpc) is 2.71. The van der Waals surface area contributed by atoms with Crippen LogP contribution in [0.5, 0.6) is 0 Å². The topological polar surface area (TPSA) is 119 Å². The third-order valence-corrected chi connectivity index (χ3v) is 5.08. The Morgan fingerprint density at radius 3 is 2.62 bits per heavy atom. The number of non-ortho nitro benzene ring substituents is 1. The lowest BCUT2D eigenvalue weighted by Crippen LogP contribution is -2.47. The molecule has 2 amide bonds. The monoisotopic (exact) mass is 415 g/mol. The number of rotatable bonds is 6. The lowest BCUT2D eigenvalue weighted by Gasteiger charge is -2.30. The highest BCUT2D eigenvalue weighted by Crippen LogP contribution is 2.29. The lowest BCUT2D eigenvalue weighted by molar-refractivity contribution is -0.384. The van der Waals surface area contributed by atoms with Gasteiger partial charge in [0.05, 0.1) is 22.1 Å². The molecule has 0 aliphatic carbocycles. The van der Waals surface area contributed by atoms with Crippen molar-refractivity contribution in [2.24, 2.45) is 0 Å². The minimum Gasteiger partial charge on any atom is -0.452 e. The van der Waals surface area contributed by atoms with E-state index in [2.05, 4.69) is 5.32 Å². The maximum atomic E-state index is 12.7. The molecule has 1 N–H and O–H groups in total. The summed E-state index contributed by atoms with van der Waals surface area (Å²) < 4.78 is 5.21. The van der Waals surface area contributed by atoms with Crippen LogP contribution in [-0.2, 0) is 19.1 Å². The van der Waals surface area contributed by atoms with E-state index in [-0.39, 0.29) is 23.9 Å². The normalized spacial score (nSPS) is 13.8. The van der Waals surface area contributed by atoms with Gasteiger partial charge in [-0.2, -0.15) is 0 Å². The smallest absolute Gasteiger partial charge is 0.317 e. The highest BCUT2D eigenvalue weighted by molar-refractivity contribution is 8.00. The van der Waals surface area contributed by atoms with Crippen LogP contribution in [0.15, 0.2) is 53.4 Å². The van der Waals surface area contributed by atoms with Gasteiger partial charge >= 0.3 is 5.97 Å². The van der Waals surface area contributed by atoms with Crippen molar-refractivity contribution in [1.29, 1.82) is 0 Å². The molecule has 150 valence electrons. The fraction of sp³-hybridized carbons (Fsp3) is 0.211. The second-order valence-electron chi connectivity index (χ2n) is 6.16. The predicted molar refractivity (Wildman–Crippen MR) is 107 cm³/mol. The van der Waals surface area contributed by atoms with Crippen LogP contribution in [0.4, 0.5) is 17.1 Å². The van der Waals surface area contributed by atoms with E-state index < -0.39 is 22.9 Å². The number of esters is 1. The van der Waals surface area contributed by atoms with Crippen LogP contribution in [0.25, 0.3) is 0 Å². The van der Waals surface area contributed by atoms with Gasteiger partial charge in [0, 0.05) is 17.0 Å². The first kappa shape index (κ1) is 20.3. The molecule has 0 unspecified atom stereocenters. The highest BCUT2D eigenvalue weighted by Gasteiger charge is 2.31. The van der Waals surface area contributed by atoms with E-state index in [0.29, 0.717) is 16.3 Å². The molecule has 1 aliphatic rings. The molecule has 9 nitrogen and oxygen atoms in total. The number of nitrogens with one attached hydrogen (secondary N) is 1. The SMILES string of the molecule is C[C@@H](OC(=O)CSc1ccc([N+](=O)[O-])cc1)C(=O)N1CC(=O)Nc2ccccc21. The largest absolute Gasteiger partial charge is 0.452 e. The molecular weight excluding hydrogens is 398 g/mol. The van der Waals surface area contributed by atoms with Gasteiger partial charge in [0.1, 0.15) is 6.54 Å². The lowest BCUT2D eigenvalue weighted by atomic mass is 10.1. The van der Waals surface area contributed by atoms with Crippen LogP contribution in [0.1, 0.15) is 6.92 Å². The third kappa shape index (κ3) is 4.91. The molecule has 1 atom stereocenters. The Labute approximate surface area is 170 Å². The van der Waals surface area contributed by atoms with Crippen LogP contribution in [0, 0.1) is 10.1 Å². The zero-order valence-electron chi connectivity index (χ0n) is 15.4. The van der Waals surface area contributed by atoms with Crippen molar-refractivity contribution < 1.29 is 24.0 Å². The minimum atomic E-state index is -1.07. The van der Waals surface area contributed by atoms with Crippen molar-refractivity contribution in [1.82, 2.24) is 0 Å². The summed E-state index contributed by atoms with van der Waals surface area (Å²) in [4.78, 5) is 48.8. The van der Waals surface area contributed by atoms with Crippen molar-refractivity contribution in [2.45, 2.75) is 17.9 Å². The number of thioether (sulfide) groups is 1. The highest BCUT2D eigenvalue weighted by atomic mass is 32.2. The van der Waals surface area contributed by atoms with E-state index in [4.69, 9.17) is 4.74 Å². The molecule has 29 heavy (non-hydrogen) atoms. The molecule has 0 saturated carbocycles. The van der Waals surface area contributed by atoms with Gasteiger partial charge in [-0.05, 0) is 31.2 Å². The Balaban J connectivity index is 1.57. The number of anilines is 2. The van der Waals surface area contributed by atoms with E-state index in [0.717, 1.165) is 11.8 Å². The summed E-state index contributed by atoms with van der Waals surface area (Å²) in [5.41, 5.74) is 1.02. The summed E-state index contributed by atoms with van der Waals surface area (Å²) in [6, 6.07) is 12.6. The van der Waals surface area contributed by atoms with Crippen LogP contribution in [-0.4, -0.2) is 41.1 Å². The zero-order chi connectivity index (χ0) is 21.0. The molecule has 10 heteroatoms. The van der Waals surface area contributed by atoms with Crippen molar-refractivity contribution in [3.63, 3.8) is 0 Å². The fourth-order valence-corrected chi connectivity index (χ4v) is 3.42. The molecule has 0 bridgehead atoms. The number of nitro groups is 1. The van der Waals surface area contributed by atoms with E-state index >= 15 is 0 Å². The number of benzene rings is 2. The first-order valence-corrected chi connectivity index (χ1v) is 9.60. The average molecular weight is 415 g/mol. The van der Waals surface area contributed by atoms with Crippen molar-refractivity contribution in [2.75, 3.05) is 22.5 Å². The van der Waals surface area contributed by atoms with Gasteiger partial charge in [-0.1, -0.05) is 12.1 Å². The van der Waals surface area contributed by atoms with Gasteiger partial charge in [-0.15, -0.1) is 11.8 Å². The van der Waals surface area contributed by atoms with E-state index in [9.17, 15) is 24.5 Å². The maximum absolute atomic E-state index is 12.7. The number of para-hydroxylation sites is 2. The zero-order valence-corrected chi connectivity index (χ0v) is 16.2. The number of nitrogens with zero attached hydrogens (tertiary/aromatic N) is 2. The Morgan fingerprint density at radius 2 is 1.93 bits per heavy atom. The Bertz CT molecular complexity index is 963. The number of nitro benzene ring substituents is 1. The molecule has 1 heterocycles. The molecule has 0 aromatic heterocycles. The number of hydrogen-bond acceptors (Lipinski definition) is 7. The maximum Gasteiger partial charge on any atom is 0.317 e.